The molecule has 0 saturated carbocycles. The Morgan fingerprint density at radius 2 is 0.633 bits per heavy atom. The Bertz CT molecular complexity index is 550. The third kappa shape index (κ3) is 20.7. The van der Waals surface area contributed by atoms with Crippen molar-refractivity contribution in [1.29, 1.82) is 0 Å². The molecule has 0 heterocycles. The van der Waals surface area contributed by atoms with Crippen LogP contribution >= 0.6 is 12.4 Å². The molecular weight excluding hydrogens is 524 g/mol. The Labute approximate surface area is 272 Å². The SMILES string of the molecule is Cl.O=C(O)CC(O)(CC(=O)O)C(=O)O.O=C(O)CC(O)(CC(=O)O)C(=O)O.[Ca+2].[Ca+2].[Ca+2].[H-].[H-].[H-].[H-].[H-].[H-]. The Morgan fingerprint density at radius 3 is 0.700 bits per heavy atom. The first kappa shape index (κ1) is 44.5. The first-order chi connectivity index (χ1) is 11.6. The van der Waals surface area contributed by atoms with Crippen molar-refractivity contribution in [2.75, 3.05) is 0 Å². The Balaban J connectivity index is -0.0000000250. The summed E-state index contributed by atoms with van der Waals surface area (Å²) in [6, 6.07) is 0. The van der Waals surface area contributed by atoms with Gasteiger partial charge in [-0.05, 0) is 0 Å². The van der Waals surface area contributed by atoms with Gasteiger partial charge in [-0.1, -0.05) is 0 Å². The molecule has 0 atom stereocenters. The van der Waals surface area contributed by atoms with E-state index in [1.165, 1.54) is 0 Å². The summed E-state index contributed by atoms with van der Waals surface area (Å²) in [5.41, 5.74) is -5.48. The average molecular weight is 547 g/mol. The molecule has 30 heavy (non-hydrogen) atoms. The standard InChI is InChI=1S/2C6H8O7.3Ca.ClH.6H/c2*7-3(8)1-6(13,5(11)12)2-4(9)10;;;;;;;;;;/h2*13H,1-2H2,(H,7,8)(H,9,10)(H,11,12);;;;1H;;;;;;/q;;3*+2;;6*-1. The number of carbonyl (C=O) groups is 6. The van der Waals surface area contributed by atoms with Crippen LogP contribution in [0, 0.1) is 0 Å². The van der Waals surface area contributed by atoms with E-state index in [4.69, 9.17) is 40.9 Å². The summed E-state index contributed by atoms with van der Waals surface area (Å²) in [5.74, 6) is -10.0. The first-order valence-electron chi connectivity index (χ1n) is 6.34. The molecule has 0 fully saturated rings. The zero-order valence-electron chi connectivity index (χ0n) is 21.4. The summed E-state index contributed by atoms with van der Waals surface area (Å²) in [6.45, 7) is 0. The molecule has 0 aromatic carbocycles. The van der Waals surface area contributed by atoms with Crippen molar-refractivity contribution in [1.82, 2.24) is 0 Å². The van der Waals surface area contributed by atoms with E-state index in [2.05, 4.69) is 0 Å². The largest absolute Gasteiger partial charge is 2.00 e. The maximum atomic E-state index is 10.3. The summed E-state index contributed by atoms with van der Waals surface area (Å²) in [7, 11) is 0. The van der Waals surface area contributed by atoms with Crippen molar-refractivity contribution in [3.8, 4) is 0 Å². The molecule has 14 nitrogen and oxygen atoms in total. The molecule has 168 valence electrons. The third-order valence-electron chi connectivity index (χ3n) is 2.57. The molecule has 18 heteroatoms. The fraction of sp³-hybridized carbons (Fsp3) is 0.500. The zero-order chi connectivity index (χ0) is 21.3. The van der Waals surface area contributed by atoms with E-state index in [1.54, 1.807) is 0 Å². The number of hydrogen-bond acceptors (Lipinski definition) is 8. The molecule has 0 bridgehead atoms. The maximum Gasteiger partial charge on any atom is 2.00 e. The van der Waals surface area contributed by atoms with Crippen LogP contribution in [-0.4, -0.2) is 201 Å². The summed E-state index contributed by atoms with van der Waals surface area (Å²) in [6.07, 6.45) is -4.58. The zero-order valence-corrected chi connectivity index (χ0v) is 22.8. The molecular formula is C12H23Ca3ClO14. The molecule has 0 spiro atoms. The van der Waals surface area contributed by atoms with Crippen LogP contribution in [0.4, 0.5) is 0 Å². The number of carboxylic acid groups (broad SMARTS) is 6. The van der Waals surface area contributed by atoms with Crippen LogP contribution in [0.2, 0.25) is 0 Å². The summed E-state index contributed by atoms with van der Waals surface area (Å²) in [4.78, 5) is 61.0. The molecule has 0 aromatic heterocycles. The van der Waals surface area contributed by atoms with Gasteiger partial charge in [-0.25, -0.2) is 9.59 Å². The molecule has 0 radical (unpaired) electrons. The summed E-state index contributed by atoms with van der Waals surface area (Å²) in [5, 5.41) is 67.6. The second-order valence-electron chi connectivity index (χ2n) is 4.96. The van der Waals surface area contributed by atoms with Crippen molar-refractivity contribution in [3.05, 3.63) is 0 Å². The number of carboxylic acids is 6. The second kappa shape index (κ2) is 20.4. The van der Waals surface area contributed by atoms with Gasteiger partial charge in [0.05, 0.1) is 25.7 Å². The second-order valence-corrected chi connectivity index (χ2v) is 4.96. The minimum Gasteiger partial charge on any atom is -1.00 e. The molecule has 0 aromatic rings. The van der Waals surface area contributed by atoms with E-state index in [9.17, 15) is 28.8 Å². The molecule has 0 aliphatic heterocycles. The van der Waals surface area contributed by atoms with Crippen molar-refractivity contribution in [2.45, 2.75) is 36.9 Å². The summed E-state index contributed by atoms with van der Waals surface area (Å²) < 4.78 is 0. The van der Waals surface area contributed by atoms with E-state index < -0.39 is 72.7 Å². The van der Waals surface area contributed by atoms with Gasteiger partial charge in [0, 0.05) is 0 Å². The summed E-state index contributed by atoms with van der Waals surface area (Å²) >= 11 is 0. The maximum absolute atomic E-state index is 10.3. The number of hydrogen-bond donors (Lipinski definition) is 8. The Hall–Kier alpha value is 0.809. The van der Waals surface area contributed by atoms with Crippen LogP contribution in [0.3, 0.4) is 0 Å². The van der Waals surface area contributed by atoms with E-state index >= 15 is 0 Å². The van der Waals surface area contributed by atoms with Gasteiger partial charge < -0.3 is 49.4 Å². The van der Waals surface area contributed by atoms with Crippen LogP contribution in [0.1, 0.15) is 34.2 Å². The third-order valence-corrected chi connectivity index (χ3v) is 2.57. The van der Waals surface area contributed by atoms with E-state index in [0.29, 0.717) is 0 Å². The van der Waals surface area contributed by atoms with E-state index in [1.807, 2.05) is 0 Å². The Kier molecular flexibility index (Phi) is 30.3. The van der Waals surface area contributed by atoms with Gasteiger partial charge in [0.15, 0.2) is 11.2 Å². The molecule has 8 N–H and O–H groups in total. The molecule has 0 aliphatic carbocycles. The minimum absolute atomic E-state index is 0. The Morgan fingerprint density at radius 1 is 0.500 bits per heavy atom. The first-order valence-corrected chi connectivity index (χ1v) is 6.34. The number of halogens is 1. The molecule has 0 aliphatic rings. The van der Waals surface area contributed by atoms with Crippen molar-refractivity contribution >= 4 is 161 Å². The van der Waals surface area contributed by atoms with Crippen molar-refractivity contribution in [3.63, 3.8) is 0 Å². The van der Waals surface area contributed by atoms with Crippen LogP contribution in [0.15, 0.2) is 0 Å². The average Bonchev–Trinajstić information content (AvgIpc) is 2.34. The predicted molar refractivity (Wildman–Crippen MR) is 105 cm³/mol. The molecule has 0 rings (SSSR count). The fourth-order valence-electron chi connectivity index (χ4n) is 1.43. The predicted octanol–water partition coefficient (Wildman–Crippen LogP) is -2.54. The van der Waals surface area contributed by atoms with Gasteiger partial charge in [0.1, 0.15) is 0 Å². The molecule has 0 unspecified atom stereocenters. The van der Waals surface area contributed by atoms with Crippen LogP contribution in [0.25, 0.3) is 0 Å². The fourth-order valence-corrected chi connectivity index (χ4v) is 1.43. The van der Waals surface area contributed by atoms with Gasteiger partial charge in [0.2, 0.25) is 0 Å². The van der Waals surface area contributed by atoms with E-state index in [-0.39, 0.29) is 134 Å². The van der Waals surface area contributed by atoms with Gasteiger partial charge in [-0.15, -0.1) is 12.4 Å². The molecule has 0 amide bonds. The van der Waals surface area contributed by atoms with Crippen LogP contribution < -0.4 is 0 Å². The quantitative estimate of drug-likeness (QED) is 0.131. The van der Waals surface area contributed by atoms with Crippen molar-refractivity contribution in [2.24, 2.45) is 0 Å². The topological polar surface area (TPSA) is 264 Å². The van der Waals surface area contributed by atoms with E-state index in [0.717, 1.165) is 0 Å². The number of aliphatic hydroxyl groups is 2. The van der Waals surface area contributed by atoms with Gasteiger partial charge in [-0.3, -0.25) is 19.2 Å². The number of rotatable bonds is 10. The smallest absolute Gasteiger partial charge is 1.00 e. The van der Waals surface area contributed by atoms with Crippen LogP contribution in [0.5, 0.6) is 0 Å². The van der Waals surface area contributed by atoms with Crippen molar-refractivity contribution < 1.29 is 78.2 Å². The number of aliphatic carboxylic acids is 6. The molecule has 0 saturated heterocycles. The van der Waals surface area contributed by atoms with Gasteiger partial charge in [-0.2, -0.15) is 0 Å². The minimum atomic E-state index is -2.74. The monoisotopic (exact) mass is 546 g/mol. The van der Waals surface area contributed by atoms with Gasteiger partial charge in [0.25, 0.3) is 0 Å². The van der Waals surface area contributed by atoms with Gasteiger partial charge >= 0.3 is 149 Å². The van der Waals surface area contributed by atoms with Crippen LogP contribution in [-0.2, 0) is 28.8 Å². The normalized spacial score (nSPS) is 9.40.